The van der Waals surface area contributed by atoms with E-state index in [-0.39, 0.29) is 43.5 Å². The first-order chi connectivity index (χ1) is 21.9. The molecule has 11 heteroatoms. The fourth-order valence-corrected chi connectivity index (χ4v) is 5.84. The minimum absolute atomic E-state index is 0.0366. The molecule has 0 radical (unpaired) electrons. The maximum absolute atomic E-state index is 12.5. The molecule has 2 amide bonds. The third kappa shape index (κ3) is 9.05. The van der Waals surface area contributed by atoms with Crippen LogP contribution in [0.1, 0.15) is 54.8 Å². The molecular formula is C34H36N4O6S. The molecule has 0 spiro atoms. The topological polar surface area (TPSA) is 150 Å². The maximum Gasteiger partial charge on any atom is 0.251 e. The van der Waals surface area contributed by atoms with Gasteiger partial charge in [0.1, 0.15) is 0 Å². The molecule has 0 bridgehead atoms. The third-order valence-corrected chi connectivity index (χ3v) is 8.48. The van der Waals surface area contributed by atoms with E-state index in [9.17, 15) is 19.9 Å². The van der Waals surface area contributed by atoms with Crippen molar-refractivity contribution in [2.75, 3.05) is 22.1 Å². The van der Waals surface area contributed by atoms with E-state index < -0.39 is 6.29 Å². The average molecular weight is 629 g/mol. The van der Waals surface area contributed by atoms with Crippen molar-refractivity contribution >= 4 is 40.6 Å². The number of thioether (sulfide) groups is 1. The number of hydrogen-bond donors (Lipinski definition) is 4. The van der Waals surface area contributed by atoms with E-state index in [1.807, 2.05) is 42.5 Å². The molecule has 0 saturated carbocycles. The van der Waals surface area contributed by atoms with Crippen molar-refractivity contribution in [1.29, 1.82) is 0 Å². The zero-order valence-electron chi connectivity index (χ0n) is 24.6. The number of aliphatic hydroxyl groups excluding tert-OH is 1. The molecule has 4 aromatic rings. The van der Waals surface area contributed by atoms with E-state index in [4.69, 9.17) is 15.2 Å². The highest BCUT2D eigenvalue weighted by molar-refractivity contribution is 7.99. The van der Waals surface area contributed by atoms with Gasteiger partial charge in [0.2, 0.25) is 11.8 Å². The Kier molecular flexibility index (Phi) is 11.0. The van der Waals surface area contributed by atoms with Crippen LogP contribution >= 0.6 is 11.8 Å². The smallest absolute Gasteiger partial charge is 0.251 e. The number of nitrogens with one attached hydrogen (secondary N) is 2. The van der Waals surface area contributed by atoms with Crippen LogP contribution in [0.2, 0.25) is 0 Å². The Hall–Kier alpha value is -4.42. The van der Waals surface area contributed by atoms with Crippen molar-refractivity contribution in [3.8, 4) is 0 Å². The number of carbonyl (C=O) groups excluding carboxylic acids is 2. The summed E-state index contributed by atoms with van der Waals surface area (Å²) >= 11 is 1.43. The third-order valence-electron chi connectivity index (χ3n) is 7.33. The first-order valence-electron chi connectivity index (χ1n) is 14.7. The van der Waals surface area contributed by atoms with Gasteiger partial charge in [-0.2, -0.15) is 4.73 Å². The van der Waals surface area contributed by atoms with Gasteiger partial charge in [0.25, 0.3) is 5.03 Å². The van der Waals surface area contributed by atoms with Gasteiger partial charge in [0, 0.05) is 48.4 Å². The lowest BCUT2D eigenvalue weighted by Crippen LogP contribution is -2.32. The van der Waals surface area contributed by atoms with Crippen LogP contribution in [0, 0.1) is 5.21 Å². The number of nitrogens with two attached hydrogens (primary N) is 1. The average Bonchev–Trinajstić information content (AvgIpc) is 3.06. The SMILES string of the molecule is Nc1ccccc1NC(=O)CCCC(=O)Nc1ccc(C2OC(CSc3cccc[n+]3[O-])CC(c3ccc(CO)cc3)O2)cc1. The Balaban J connectivity index is 1.17. The molecule has 2 heterocycles. The number of ether oxygens (including phenoxy) is 2. The number of hydrogen-bond acceptors (Lipinski definition) is 8. The number of para-hydroxylation sites is 2. The van der Waals surface area contributed by atoms with Crippen LogP contribution < -0.4 is 21.1 Å². The second kappa shape index (κ2) is 15.5. The molecule has 1 aromatic heterocycles. The highest BCUT2D eigenvalue weighted by Crippen LogP contribution is 2.39. The molecule has 1 fully saturated rings. The molecule has 0 aliphatic carbocycles. The summed E-state index contributed by atoms with van der Waals surface area (Å²) < 4.78 is 13.6. The number of nitrogens with zero attached hydrogens (tertiary/aromatic N) is 1. The normalized spacial score (nSPS) is 17.8. The number of nitrogen functional groups attached to an aromatic ring is 1. The maximum atomic E-state index is 12.5. The quantitative estimate of drug-likeness (QED) is 0.0697. The molecule has 10 nitrogen and oxygen atoms in total. The number of amides is 2. The van der Waals surface area contributed by atoms with Gasteiger partial charge in [0.05, 0.1) is 30.2 Å². The van der Waals surface area contributed by atoms with Crippen molar-refractivity contribution in [2.24, 2.45) is 0 Å². The molecule has 45 heavy (non-hydrogen) atoms. The van der Waals surface area contributed by atoms with Gasteiger partial charge in [-0.1, -0.05) is 60.3 Å². The van der Waals surface area contributed by atoms with Crippen LogP contribution in [0.4, 0.5) is 17.1 Å². The molecule has 1 aliphatic heterocycles. The number of carbonyl (C=O) groups is 2. The molecule has 1 saturated heterocycles. The van der Waals surface area contributed by atoms with E-state index in [0.717, 1.165) is 21.4 Å². The minimum Gasteiger partial charge on any atom is -0.618 e. The first kappa shape index (κ1) is 32.0. The van der Waals surface area contributed by atoms with E-state index in [1.165, 1.54) is 18.0 Å². The van der Waals surface area contributed by atoms with Gasteiger partial charge in [-0.05, 0) is 47.9 Å². The number of pyridine rings is 1. The van der Waals surface area contributed by atoms with Crippen molar-refractivity contribution in [1.82, 2.24) is 0 Å². The Bertz CT molecular complexity index is 1580. The highest BCUT2D eigenvalue weighted by atomic mass is 32.2. The van der Waals surface area contributed by atoms with Crippen LogP contribution in [-0.4, -0.2) is 28.8 Å². The minimum atomic E-state index is -0.663. The van der Waals surface area contributed by atoms with Gasteiger partial charge >= 0.3 is 0 Å². The second-order valence-electron chi connectivity index (χ2n) is 10.7. The lowest BCUT2D eigenvalue weighted by molar-refractivity contribution is -0.645. The predicted octanol–water partition coefficient (Wildman–Crippen LogP) is 5.48. The van der Waals surface area contributed by atoms with Crippen molar-refractivity contribution in [2.45, 2.75) is 55.8 Å². The largest absolute Gasteiger partial charge is 0.618 e. The van der Waals surface area contributed by atoms with Gasteiger partial charge < -0.3 is 36.2 Å². The molecule has 1 aliphatic rings. The number of aromatic nitrogens is 1. The fraction of sp³-hybridized carbons (Fsp3) is 0.265. The summed E-state index contributed by atoms with van der Waals surface area (Å²) in [6.07, 6.45) is 1.72. The van der Waals surface area contributed by atoms with Crippen molar-refractivity contribution in [3.63, 3.8) is 0 Å². The number of aliphatic hydroxyl groups is 1. The summed E-state index contributed by atoms with van der Waals surface area (Å²) in [5.74, 6) is 0.162. The van der Waals surface area contributed by atoms with E-state index in [0.29, 0.717) is 40.7 Å². The molecule has 3 atom stereocenters. The van der Waals surface area contributed by atoms with Gasteiger partial charge in [-0.25, -0.2) is 0 Å². The van der Waals surface area contributed by atoms with Gasteiger partial charge in [0.15, 0.2) is 12.5 Å². The van der Waals surface area contributed by atoms with E-state index in [1.54, 1.807) is 48.5 Å². The van der Waals surface area contributed by atoms with Crippen LogP contribution in [0.3, 0.4) is 0 Å². The van der Waals surface area contributed by atoms with Crippen LogP contribution in [0.25, 0.3) is 0 Å². The number of benzene rings is 3. The monoisotopic (exact) mass is 628 g/mol. The standard InChI is InChI=1S/C34H36N4O6S/c35-28-6-1-2-7-29(28)37-32(41)9-5-8-31(40)36-26-17-15-25(16-18-26)34-43-27(22-45-33-10-3-4-19-38(33)42)20-30(44-34)24-13-11-23(21-39)12-14-24/h1-4,6-7,10-19,27,30,34,39H,5,8-9,20-22,35H2,(H,36,40)(H,37,41). The summed E-state index contributed by atoms with van der Waals surface area (Å²) in [4.78, 5) is 24.8. The summed E-state index contributed by atoms with van der Waals surface area (Å²) in [7, 11) is 0. The molecular weight excluding hydrogens is 592 g/mol. The Morgan fingerprint density at radius 2 is 1.58 bits per heavy atom. The Labute approximate surface area is 266 Å². The zero-order valence-corrected chi connectivity index (χ0v) is 25.5. The molecule has 234 valence electrons. The van der Waals surface area contributed by atoms with Gasteiger partial charge in [-0.3, -0.25) is 9.59 Å². The van der Waals surface area contributed by atoms with E-state index in [2.05, 4.69) is 10.6 Å². The Morgan fingerprint density at radius 1 is 0.889 bits per heavy atom. The summed E-state index contributed by atoms with van der Waals surface area (Å²) in [5, 5.41) is 27.8. The first-order valence-corrected chi connectivity index (χ1v) is 15.7. The summed E-state index contributed by atoms with van der Waals surface area (Å²) in [5.41, 5.74) is 10.1. The molecule has 5 rings (SSSR count). The second-order valence-corrected chi connectivity index (χ2v) is 11.7. The van der Waals surface area contributed by atoms with Crippen molar-refractivity contribution < 1.29 is 28.9 Å². The van der Waals surface area contributed by atoms with Crippen LogP contribution in [0.15, 0.2) is 102 Å². The zero-order chi connectivity index (χ0) is 31.6. The lowest BCUT2D eigenvalue weighted by Gasteiger charge is -2.36. The molecule has 5 N–H and O–H groups in total. The number of rotatable bonds is 12. The van der Waals surface area contributed by atoms with Gasteiger partial charge in [-0.15, -0.1) is 0 Å². The molecule has 3 aromatic carbocycles. The van der Waals surface area contributed by atoms with Crippen molar-refractivity contribution in [3.05, 3.63) is 119 Å². The van der Waals surface area contributed by atoms with E-state index >= 15 is 0 Å². The van der Waals surface area contributed by atoms with Crippen LogP contribution in [-0.2, 0) is 25.7 Å². The fourth-order valence-electron chi connectivity index (χ4n) is 4.91. The Morgan fingerprint density at radius 3 is 2.29 bits per heavy atom. The predicted molar refractivity (Wildman–Crippen MR) is 173 cm³/mol. The molecule has 3 unspecified atom stereocenters. The number of anilines is 3. The highest BCUT2D eigenvalue weighted by Gasteiger charge is 2.32. The summed E-state index contributed by atoms with van der Waals surface area (Å²) in [6.45, 7) is -0.0366. The van der Waals surface area contributed by atoms with Crippen LogP contribution in [0.5, 0.6) is 0 Å². The summed E-state index contributed by atoms with van der Waals surface area (Å²) in [6, 6.07) is 27.3. The lowest BCUT2D eigenvalue weighted by atomic mass is 10.0.